The molecule has 0 saturated heterocycles. The van der Waals surface area contributed by atoms with Crippen molar-refractivity contribution in [3.05, 3.63) is 68.1 Å². The van der Waals surface area contributed by atoms with Gasteiger partial charge in [0.05, 0.1) is 0 Å². The number of rotatable bonds is 2. The molecule has 0 heterocycles. The summed E-state index contributed by atoms with van der Waals surface area (Å²) in [5.74, 6) is -0.936. The number of benzene rings is 2. The minimum Gasteiger partial charge on any atom is -0.384 e. The molecular weight excluding hydrogens is 370 g/mol. The lowest BCUT2D eigenvalue weighted by atomic mass is 10.0. The Labute approximate surface area is 120 Å². The standard InChI is InChI=1S/C13H8Br2F2O/c14-7-1-4-12(17)10(5-7)13(18)9-3-2-8(16)6-11(9)15/h1-6,13,18H. The Hall–Kier alpha value is -0.780. The van der Waals surface area contributed by atoms with Crippen molar-refractivity contribution in [1.82, 2.24) is 0 Å². The summed E-state index contributed by atoms with van der Waals surface area (Å²) in [6, 6.07) is 8.18. The van der Waals surface area contributed by atoms with Crippen LogP contribution in [-0.4, -0.2) is 5.11 Å². The van der Waals surface area contributed by atoms with Crippen LogP contribution in [0.4, 0.5) is 8.78 Å². The van der Waals surface area contributed by atoms with Crippen LogP contribution in [0.5, 0.6) is 0 Å². The van der Waals surface area contributed by atoms with Crippen LogP contribution < -0.4 is 0 Å². The fourth-order valence-electron chi connectivity index (χ4n) is 1.61. The van der Waals surface area contributed by atoms with Crippen LogP contribution in [0.25, 0.3) is 0 Å². The summed E-state index contributed by atoms with van der Waals surface area (Å²) in [5.41, 5.74) is 0.546. The number of halogens is 4. The molecule has 0 bridgehead atoms. The predicted octanol–water partition coefficient (Wildman–Crippen LogP) is 4.57. The Morgan fingerprint density at radius 1 is 0.944 bits per heavy atom. The van der Waals surface area contributed by atoms with Crippen LogP contribution in [0.3, 0.4) is 0 Å². The minimum atomic E-state index is -1.16. The quantitative estimate of drug-likeness (QED) is 0.812. The maximum absolute atomic E-state index is 13.6. The summed E-state index contributed by atoms with van der Waals surface area (Å²) >= 11 is 6.37. The molecule has 0 aliphatic carbocycles. The Morgan fingerprint density at radius 2 is 1.67 bits per heavy atom. The third-order valence-electron chi connectivity index (χ3n) is 2.51. The van der Waals surface area contributed by atoms with Gasteiger partial charge in [0.1, 0.15) is 17.7 Å². The first kappa shape index (κ1) is 13.6. The summed E-state index contributed by atoms with van der Waals surface area (Å²) in [6.45, 7) is 0. The maximum atomic E-state index is 13.6. The Balaban J connectivity index is 2.47. The van der Waals surface area contributed by atoms with Gasteiger partial charge in [-0.25, -0.2) is 8.78 Å². The van der Waals surface area contributed by atoms with Crippen LogP contribution >= 0.6 is 31.9 Å². The zero-order valence-corrected chi connectivity index (χ0v) is 12.2. The molecular formula is C13H8Br2F2O. The summed E-state index contributed by atoms with van der Waals surface area (Å²) < 4.78 is 27.7. The van der Waals surface area contributed by atoms with Gasteiger partial charge in [0.25, 0.3) is 0 Å². The second kappa shape index (κ2) is 5.47. The molecule has 2 rings (SSSR count). The predicted molar refractivity (Wildman–Crippen MR) is 72.3 cm³/mol. The van der Waals surface area contributed by atoms with Gasteiger partial charge >= 0.3 is 0 Å². The molecule has 1 nitrogen and oxygen atoms in total. The molecule has 2 aromatic carbocycles. The lowest BCUT2D eigenvalue weighted by Crippen LogP contribution is -2.03. The van der Waals surface area contributed by atoms with Crippen molar-refractivity contribution in [3.8, 4) is 0 Å². The Bertz CT molecular complexity index is 587. The highest BCUT2D eigenvalue weighted by Gasteiger charge is 2.18. The third-order valence-corrected chi connectivity index (χ3v) is 3.69. The van der Waals surface area contributed by atoms with E-state index >= 15 is 0 Å². The molecule has 18 heavy (non-hydrogen) atoms. The Morgan fingerprint density at radius 3 is 2.33 bits per heavy atom. The van der Waals surface area contributed by atoms with E-state index in [1.807, 2.05) is 0 Å². The van der Waals surface area contributed by atoms with Crippen LogP contribution in [-0.2, 0) is 0 Å². The molecule has 0 aliphatic rings. The fraction of sp³-hybridized carbons (Fsp3) is 0.0769. The van der Waals surface area contributed by atoms with Gasteiger partial charge in [0.15, 0.2) is 0 Å². The maximum Gasteiger partial charge on any atom is 0.129 e. The van der Waals surface area contributed by atoms with Crippen LogP contribution in [0.1, 0.15) is 17.2 Å². The number of hydrogen-bond donors (Lipinski definition) is 1. The van der Waals surface area contributed by atoms with Gasteiger partial charge in [-0.1, -0.05) is 37.9 Å². The van der Waals surface area contributed by atoms with Crippen molar-refractivity contribution in [2.45, 2.75) is 6.10 Å². The van der Waals surface area contributed by atoms with Crippen molar-refractivity contribution in [3.63, 3.8) is 0 Å². The summed E-state index contributed by atoms with van der Waals surface area (Å²) in [7, 11) is 0. The zero-order valence-electron chi connectivity index (χ0n) is 9.00. The largest absolute Gasteiger partial charge is 0.384 e. The number of aliphatic hydroxyl groups is 1. The lowest BCUT2D eigenvalue weighted by molar-refractivity contribution is 0.214. The molecule has 0 aromatic heterocycles. The van der Waals surface area contributed by atoms with Gasteiger partial charge in [-0.15, -0.1) is 0 Å². The average molecular weight is 378 g/mol. The van der Waals surface area contributed by atoms with E-state index in [-0.39, 0.29) is 5.56 Å². The molecule has 0 saturated carbocycles. The van der Waals surface area contributed by atoms with Crippen LogP contribution in [0.2, 0.25) is 0 Å². The molecule has 2 aromatic rings. The molecule has 1 N–H and O–H groups in total. The van der Waals surface area contributed by atoms with E-state index in [0.717, 1.165) is 0 Å². The summed E-state index contributed by atoms with van der Waals surface area (Å²) in [4.78, 5) is 0. The molecule has 0 spiro atoms. The molecule has 1 unspecified atom stereocenters. The van der Waals surface area contributed by atoms with Gasteiger partial charge in [0, 0.05) is 14.5 Å². The van der Waals surface area contributed by atoms with E-state index in [1.165, 1.54) is 30.3 Å². The first-order valence-corrected chi connectivity index (χ1v) is 6.65. The number of hydrogen-bond acceptors (Lipinski definition) is 1. The Kier molecular flexibility index (Phi) is 4.14. The monoisotopic (exact) mass is 376 g/mol. The summed E-state index contributed by atoms with van der Waals surface area (Å²) in [6.07, 6.45) is -1.16. The normalized spacial score (nSPS) is 12.5. The van der Waals surface area contributed by atoms with E-state index < -0.39 is 17.7 Å². The molecule has 94 valence electrons. The minimum absolute atomic E-state index is 0.136. The second-order valence-corrected chi connectivity index (χ2v) is 5.50. The molecule has 0 fully saturated rings. The summed E-state index contributed by atoms with van der Waals surface area (Å²) in [5, 5.41) is 10.2. The third kappa shape index (κ3) is 2.79. The van der Waals surface area contributed by atoms with E-state index in [2.05, 4.69) is 31.9 Å². The lowest BCUT2D eigenvalue weighted by Gasteiger charge is -2.14. The van der Waals surface area contributed by atoms with Crippen molar-refractivity contribution < 1.29 is 13.9 Å². The van der Waals surface area contributed by atoms with Gasteiger partial charge in [-0.3, -0.25) is 0 Å². The van der Waals surface area contributed by atoms with Gasteiger partial charge in [-0.2, -0.15) is 0 Å². The molecule has 0 aliphatic heterocycles. The number of aliphatic hydroxyl groups excluding tert-OH is 1. The first-order chi connectivity index (χ1) is 8.49. The fourth-order valence-corrected chi connectivity index (χ4v) is 2.56. The molecule has 1 atom stereocenters. The van der Waals surface area contributed by atoms with E-state index in [1.54, 1.807) is 6.07 Å². The zero-order chi connectivity index (χ0) is 13.3. The van der Waals surface area contributed by atoms with Crippen molar-refractivity contribution in [2.24, 2.45) is 0 Å². The highest BCUT2D eigenvalue weighted by molar-refractivity contribution is 9.10. The SMILES string of the molecule is OC(c1cc(Br)ccc1F)c1ccc(F)cc1Br. The topological polar surface area (TPSA) is 20.2 Å². The van der Waals surface area contributed by atoms with Gasteiger partial charge in [0.2, 0.25) is 0 Å². The van der Waals surface area contributed by atoms with E-state index in [0.29, 0.717) is 14.5 Å². The van der Waals surface area contributed by atoms with Crippen molar-refractivity contribution >= 4 is 31.9 Å². The molecule has 0 radical (unpaired) electrons. The van der Waals surface area contributed by atoms with E-state index in [4.69, 9.17) is 0 Å². The van der Waals surface area contributed by atoms with Crippen LogP contribution in [0.15, 0.2) is 45.3 Å². The highest BCUT2D eigenvalue weighted by Crippen LogP contribution is 2.31. The van der Waals surface area contributed by atoms with Crippen molar-refractivity contribution in [2.75, 3.05) is 0 Å². The average Bonchev–Trinajstić information content (AvgIpc) is 2.31. The van der Waals surface area contributed by atoms with Crippen molar-refractivity contribution in [1.29, 1.82) is 0 Å². The van der Waals surface area contributed by atoms with E-state index in [9.17, 15) is 13.9 Å². The smallest absolute Gasteiger partial charge is 0.129 e. The van der Waals surface area contributed by atoms with Gasteiger partial charge < -0.3 is 5.11 Å². The second-order valence-electron chi connectivity index (χ2n) is 3.73. The van der Waals surface area contributed by atoms with Crippen LogP contribution in [0, 0.1) is 11.6 Å². The molecule has 0 amide bonds. The first-order valence-electron chi connectivity index (χ1n) is 5.07. The van der Waals surface area contributed by atoms with Gasteiger partial charge in [-0.05, 0) is 35.9 Å². The highest BCUT2D eigenvalue weighted by atomic mass is 79.9. The molecule has 5 heteroatoms.